The monoisotopic (exact) mass is 565 g/mol. The number of rotatable bonds is 8. The molecule has 3 aliphatic rings. The van der Waals surface area contributed by atoms with Crippen molar-refractivity contribution in [2.24, 2.45) is 5.92 Å². The standard InChI is InChI=1S/C24H26F3N7O4S/c1-39(37,38)32-16-9-12(8-13-10-33(23(36)17(13)16)19(11-2-3-11)24(25,26)27)15-6-7-34-21(30-15)18(20(28)31-34)22(35)29-14-4-5-14/h6-9,11,14,19,22,29,32,35H,2-5,10H2,1H3,(H2,28,31)/t19-,22?/m1/s1. The topological polar surface area (TPSA) is 155 Å². The second-order valence-corrected chi connectivity index (χ2v) is 12.2. The lowest BCUT2D eigenvalue weighted by atomic mass is 10.0. The zero-order chi connectivity index (χ0) is 27.9. The zero-order valence-electron chi connectivity index (χ0n) is 20.7. The summed E-state index contributed by atoms with van der Waals surface area (Å²) in [5, 5.41) is 17.9. The van der Waals surface area contributed by atoms with Crippen LogP contribution in [0.15, 0.2) is 24.4 Å². The number of anilines is 2. The first-order chi connectivity index (χ1) is 18.3. The fourth-order valence-electron chi connectivity index (χ4n) is 5.18. The van der Waals surface area contributed by atoms with Crippen molar-refractivity contribution in [1.29, 1.82) is 0 Å². The van der Waals surface area contributed by atoms with Gasteiger partial charge >= 0.3 is 6.18 Å². The summed E-state index contributed by atoms with van der Waals surface area (Å²) in [5.41, 5.74) is 7.28. The number of carbonyl (C=O) groups is 1. The van der Waals surface area contributed by atoms with E-state index in [1.54, 1.807) is 12.3 Å². The van der Waals surface area contributed by atoms with E-state index in [9.17, 15) is 31.5 Å². The Morgan fingerprint density at radius 2 is 1.92 bits per heavy atom. The van der Waals surface area contributed by atoms with Gasteiger partial charge in [0.25, 0.3) is 5.91 Å². The summed E-state index contributed by atoms with van der Waals surface area (Å²) >= 11 is 0. The number of carbonyl (C=O) groups excluding carboxylic acids is 1. The highest BCUT2D eigenvalue weighted by Gasteiger charge is 2.55. The van der Waals surface area contributed by atoms with Crippen molar-refractivity contribution in [3.05, 3.63) is 41.1 Å². The summed E-state index contributed by atoms with van der Waals surface area (Å²) in [7, 11) is -3.88. The molecule has 1 aliphatic heterocycles. The van der Waals surface area contributed by atoms with Crippen LogP contribution in [-0.4, -0.2) is 63.4 Å². The van der Waals surface area contributed by atoms with Gasteiger partial charge in [0.2, 0.25) is 10.0 Å². The van der Waals surface area contributed by atoms with Crippen LogP contribution in [0.25, 0.3) is 16.9 Å². The maximum absolute atomic E-state index is 14.0. The molecule has 208 valence electrons. The third-order valence-electron chi connectivity index (χ3n) is 7.16. The first-order valence-electron chi connectivity index (χ1n) is 12.4. The maximum atomic E-state index is 14.0. The summed E-state index contributed by atoms with van der Waals surface area (Å²) in [4.78, 5) is 18.7. The SMILES string of the molecule is CS(=O)(=O)Nc1cc(-c2ccn3nc(N)c(C(O)NC4CC4)c3n2)cc2c1C(=O)N([C@H](C1CC1)C(F)(F)F)C2. The number of aromatic nitrogens is 3. The van der Waals surface area contributed by atoms with Gasteiger partial charge in [-0.05, 0) is 55.4 Å². The van der Waals surface area contributed by atoms with E-state index in [-0.39, 0.29) is 46.4 Å². The number of hydrogen-bond acceptors (Lipinski definition) is 8. The summed E-state index contributed by atoms with van der Waals surface area (Å²) in [6, 6.07) is 2.71. The van der Waals surface area contributed by atoms with Gasteiger partial charge in [0.15, 0.2) is 11.5 Å². The molecule has 1 amide bonds. The van der Waals surface area contributed by atoms with Crippen molar-refractivity contribution < 1.29 is 31.5 Å². The largest absolute Gasteiger partial charge is 0.409 e. The molecule has 5 N–H and O–H groups in total. The fourth-order valence-corrected chi connectivity index (χ4v) is 5.74. The van der Waals surface area contributed by atoms with E-state index in [2.05, 4.69) is 20.1 Å². The number of sulfonamides is 1. The summed E-state index contributed by atoms with van der Waals surface area (Å²) in [6.45, 7) is -0.321. The van der Waals surface area contributed by atoms with E-state index < -0.39 is 40.3 Å². The van der Waals surface area contributed by atoms with Gasteiger partial charge in [-0.1, -0.05) is 0 Å². The van der Waals surface area contributed by atoms with Crippen LogP contribution in [0.3, 0.4) is 0 Å². The lowest BCUT2D eigenvalue weighted by Crippen LogP contribution is -2.47. The molecule has 0 saturated heterocycles. The van der Waals surface area contributed by atoms with E-state index in [0.717, 1.165) is 24.0 Å². The number of aliphatic hydroxyl groups excluding tert-OH is 1. The van der Waals surface area contributed by atoms with Crippen LogP contribution in [0.4, 0.5) is 24.7 Å². The van der Waals surface area contributed by atoms with E-state index in [1.807, 2.05) is 0 Å². The molecule has 11 nitrogen and oxygen atoms in total. The van der Waals surface area contributed by atoms with Crippen molar-refractivity contribution in [3.63, 3.8) is 0 Å². The number of hydrogen-bond donors (Lipinski definition) is 4. The molecule has 6 rings (SSSR count). The highest BCUT2D eigenvalue weighted by Crippen LogP contribution is 2.47. The first kappa shape index (κ1) is 25.8. The quantitative estimate of drug-likeness (QED) is 0.304. The summed E-state index contributed by atoms with van der Waals surface area (Å²) in [6.07, 6.45) is -0.704. The first-order valence-corrected chi connectivity index (χ1v) is 14.3. The van der Waals surface area contributed by atoms with Gasteiger partial charge in [-0.3, -0.25) is 14.8 Å². The van der Waals surface area contributed by atoms with Crippen LogP contribution in [-0.2, 0) is 16.6 Å². The number of nitrogens with zero attached hydrogens (tertiary/aromatic N) is 4. The molecule has 2 fully saturated rings. The maximum Gasteiger partial charge on any atom is 0.409 e. The number of benzene rings is 1. The normalized spacial score (nSPS) is 19.4. The average Bonchev–Trinajstić information content (AvgIpc) is 3.74. The Labute approximate surface area is 221 Å². The fraction of sp³-hybridized carbons (Fsp3) is 0.458. The Bertz CT molecular complexity index is 1600. The molecular weight excluding hydrogens is 539 g/mol. The van der Waals surface area contributed by atoms with Crippen molar-refractivity contribution in [2.75, 3.05) is 16.7 Å². The Balaban J connectivity index is 1.44. The molecule has 3 heterocycles. The van der Waals surface area contributed by atoms with Gasteiger partial charge in [-0.2, -0.15) is 13.2 Å². The minimum absolute atomic E-state index is 0.0770. The smallest absolute Gasteiger partial charge is 0.382 e. The molecule has 1 unspecified atom stereocenters. The van der Waals surface area contributed by atoms with Gasteiger partial charge < -0.3 is 15.7 Å². The summed E-state index contributed by atoms with van der Waals surface area (Å²) in [5.74, 6) is -1.48. The number of amides is 1. The second kappa shape index (κ2) is 8.79. The minimum Gasteiger partial charge on any atom is -0.382 e. The number of aliphatic hydroxyl groups is 1. The highest BCUT2D eigenvalue weighted by molar-refractivity contribution is 7.92. The van der Waals surface area contributed by atoms with Crippen LogP contribution < -0.4 is 15.8 Å². The summed E-state index contributed by atoms with van der Waals surface area (Å²) < 4.78 is 69.8. The molecule has 1 aromatic carbocycles. The molecule has 2 aliphatic carbocycles. The Hall–Kier alpha value is -3.43. The predicted molar refractivity (Wildman–Crippen MR) is 135 cm³/mol. The number of halogens is 3. The molecule has 2 atom stereocenters. The average molecular weight is 566 g/mol. The Kier molecular flexibility index (Phi) is 5.82. The number of alkyl halides is 3. The van der Waals surface area contributed by atoms with E-state index >= 15 is 0 Å². The number of nitrogens with two attached hydrogens (primary N) is 1. The molecule has 2 aromatic heterocycles. The van der Waals surface area contributed by atoms with Crippen LogP contribution in [0.2, 0.25) is 0 Å². The molecule has 2 saturated carbocycles. The van der Waals surface area contributed by atoms with Crippen LogP contribution in [0, 0.1) is 5.92 Å². The minimum atomic E-state index is -4.62. The molecule has 0 radical (unpaired) electrons. The van der Waals surface area contributed by atoms with Gasteiger partial charge in [0.05, 0.1) is 28.8 Å². The van der Waals surface area contributed by atoms with Crippen molar-refractivity contribution >= 4 is 33.1 Å². The number of nitrogens with one attached hydrogen (secondary N) is 2. The lowest BCUT2D eigenvalue weighted by Gasteiger charge is -2.29. The van der Waals surface area contributed by atoms with Crippen LogP contribution in [0.1, 0.15) is 53.4 Å². The lowest BCUT2D eigenvalue weighted by molar-refractivity contribution is -0.182. The molecule has 15 heteroatoms. The van der Waals surface area contributed by atoms with E-state index in [1.165, 1.54) is 16.6 Å². The molecular formula is C24H26F3N7O4S. The number of fused-ring (bicyclic) bond motifs is 2. The molecule has 0 spiro atoms. The number of nitrogen functional groups attached to an aromatic ring is 1. The third-order valence-corrected chi connectivity index (χ3v) is 7.75. The third kappa shape index (κ3) is 4.89. The molecule has 39 heavy (non-hydrogen) atoms. The van der Waals surface area contributed by atoms with Crippen molar-refractivity contribution in [2.45, 2.75) is 56.7 Å². The van der Waals surface area contributed by atoms with Gasteiger partial charge in [0, 0.05) is 24.3 Å². The highest BCUT2D eigenvalue weighted by atomic mass is 32.2. The van der Waals surface area contributed by atoms with Crippen molar-refractivity contribution in [3.8, 4) is 11.3 Å². The zero-order valence-corrected chi connectivity index (χ0v) is 21.6. The molecule has 3 aromatic rings. The predicted octanol–water partition coefficient (Wildman–Crippen LogP) is 2.39. The van der Waals surface area contributed by atoms with Gasteiger partial charge in [0.1, 0.15) is 12.3 Å². The Morgan fingerprint density at radius 3 is 2.54 bits per heavy atom. The van der Waals surface area contributed by atoms with Gasteiger partial charge in [-0.25, -0.2) is 17.9 Å². The molecule has 0 bridgehead atoms. The Morgan fingerprint density at radius 1 is 1.21 bits per heavy atom. The van der Waals surface area contributed by atoms with Crippen LogP contribution >= 0.6 is 0 Å². The van der Waals surface area contributed by atoms with Gasteiger partial charge in [-0.15, -0.1) is 5.10 Å². The van der Waals surface area contributed by atoms with E-state index in [0.29, 0.717) is 24.1 Å². The second-order valence-electron chi connectivity index (χ2n) is 10.4. The van der Waals surface area contributed by atoms with Crippen LogP contribution in [0.5, 0.6) is 0 Å². The van der Waals surface area contributed by atoms with Crippen molar-refractivity contribution in [1.82, 2.24) is 24.8 Å². The van der Waals surface area contributed by atoms with E-state index in [4.69, 9.17) is 5.73 Å².